The molecular weight excluding hydrogens is 128 g/mol. The highest BCUT2D eigenvalue weighted by Gasteiger charge is 2.15. The van der Waals surface area contributed by atoms with E-state index < -0.39 is 8.07 Å². The van der Waals surface area contributed by atoms with Crippen LogP contribution in [0.4, 0.5) is 0 Å². The monoisotopic (exact) mass is 144 g/mol. The van der Waals surface area contributed by atoms with Gasteiger partial charge in [-0.25, -0.2) is 0 Å². The molecule has 0 amide bonds. The molecule has 0 saturated carbocycles. The topological polar surface area (TPSA) is 20.2 Å². The van der Waals surface area contributed by atoms with Crippen LogP contribution < -0.4 is 0 Å². The zero-order valence-electron chi connectivity index (χ0n) is 6.52. The van der Waals surface area contributed by atoms with Gasteiger partial charge in [0.15, 0.2) is 0 Å². The second-order valence-electron chi connectivity index (χ2n) is 3.57. The number of hydrogen-bond donors (Lipinski definition) is 1. The largest absolute Gasteiger partial charge is 0.389 e. The van der Waals surface area contributed by atoms with Crippen molar-refractivity contribution in [1.29, 1.82) is 0 Å². The van der Waals surface area contributed by atoms with E-state index in [0.29, 0.717) is 0 Å². The summed E-state index contributed by atoms with van der Waals surface area (Å²) in [6, 6.07) is 0.927. The molecule has 0 aliphatic rings. The molecule has 0 aliphatic carbocycles. The highest BCUT2D eigenvalue weighted by molar-refractivity contribution is 6.76. The molecule has 0 spiro atoms. The molecule has 1 atom stereocenters. The smallest absolute Gasteiger partial charge is 0.0694 e. The Morgan fingerprint density at radius 3 is 2.11 bits per heavy atom. The summed E-state index contributed by atoms with van der Waals surface area (Å²) in [4.78, 5) is 0. The van der Waals surface area contributed by atoms with E-state index in [9.17, 15) is 0 Å². The van der Waals surface area contributed by atoms with Crippen molar-refractivity contribution in [2.24, 2.45) is 0 Å². The van der Waals surface area contributed by atoms with Gasteiger partial charge in [0.2, 0.25) is 0 Å². The van der Waals surface area contributed by atoms with Crippen LogP contribution in [-0.4, -0.2) is 19.3 Å². The van der Waals surface area contributed by atoms with Crippen LogP contribution in [-0.2, 0) is 0 Å². The minimum Gasteiger partial charge on any atom is -0.389 e. The molecule has 1 nitrogen and oxygen atoms in total. The highest BCUT2D eigenvalue weighted by atomic mass is 28.3. The van der Waals surface area contributed by atoms with Crippen molar-refractivity contribution in [3.8, 4) is 0 Å². The molecule has 9 heavy (non-hydrogen) atoms. The highest BCUT2D eigenvalue weighted by Crippen LogP contribution is 2.11. The third-order valence-electron chi connectivity index (χ3n) is 1.09. The summed E-state index contributed by atoms with van der Waals surface area (Å²) < 4.78 is 0. The number of aliphatic hydroxyl groups excluding tert-OH is 1. The Balaban J connectivity index is 3.59. The summed E-state index contributed by atoms with van der Waals surface area (Å²) in [5.74, 6) is 0. The van der Waals surface area contributed by atoms with Crippen LogP contribution in [0.2, 0.25) is 25.7 Å². The molecule has 0 rings (SSSR count). The predicted octanol–water partition coefficient (Wildman–Crippen LogP) is 1.87. The Morgan fingerprint density at radius 1 is 1.56 bits per heavy atom. The van der Waals surface area contributed by atoms with Crippen molar-refractivity contribution in [3.05, 3.63) is 12.7 Å². The van der Waals surface area contributed by atoms with Gasteiger partial charge in [-0.3, -0.25) is 0 Å². The molecule has 0 heterocycles. The molecule has 0 radical (unpaired) electrons. The van der Waals surface area contributed by atoms with E-state index in [1.165, 1.54) is 0 Å². The third kappa shape index (κ3) is 5.79. The lowest BCUT2D eigenvalue weighted by atomic mass is 10.4. The molecule has 0 saturated heterocycles. The lowest BCUT2D eigenvalue weighted by molar-refractivity contribution is 0.242. The van der Waals surface area contributed by atoms with Gasteiger partial charge in [0, 0.05) is 8.07 Å². The lowest BCUT2D eigenvalue weighted by Crippen LogP contribution is -2.25. The molecular formula is C7H16OSi. The molecule has 0 aromatic heterocycles. The summed E-state index contributed by atoms with van der Waals surface area (Å²) >= 11 is 0. The number of aliphatic hydroxyl groups is 1. The van der Waals surface area contributed by atoms with E-state index in [-0.39, 0.29) is 6.10 Å². The van der Waals surface area contributed by atoms with Crippen LogP contribution in [0.25, 0.3) is 0 Å². The van der Waals surface area contributed by atoms with E-state index in [4.69, 9.17) is 5.11 Å². The first-order valence-corrected chi connectivity index (χ1v) is 6.97. The maximum absolute atomic E-state index is 9.11. The van der Waals surface area contributed by atoms with Crippen molar-refractivity contribution in [1.82, 2.24) is 0 Å². The van der Waals surface area contributed by atoms with E-state index in [1.807, 2.05) is 0 Å². The van der Waals surface area contributed by atoms with Crippen LogP contribution in [0.15, 0.2) is 12.7 Å². The standard InChI is InChI=1S/C7H16OSi/c1-5-7(8)6-9(2,3)4/h5,7-8H,1,6H2,2-4H3/t7-/m0/s1. The Morgan fingerprint density at radius 2 is 2.00 bits per heavy atom. The molecule has 1 N–H and O–H groups in total. The zero-order chi connectivity index (χ0) is 7.49. The van der Waals surface area contributed by atoms with E-state index >= 15 is 0 Å². The first-order valence-electron chi connectivity index (χ1n) is 3.26. The van der Waals surface area contributed by atoms with Crippen molar-refractivity contribution in [2.75, 3.05) is 0 Å². The van der Waals surface area contributed by atoms with Gasteiger partial charge in [0.1, 0.15) is 0 Å². The van der Waals surface area contributed by atoms with Crippen molar-refractivity contribution in [2.45, 2.75) is 31.8 Å². The van der Waals surface area contributed by atoms with Crippen molar-refractivity contribution >= 4 is 8.07 Å². The average Bonchev–Trinajstić information content (AvgIpc) is 1.62. The van der Waals surface area contributed by atoms with Crippen molar-refractivity contribution in [3.63, 3.8) is 0 Å². The first-order chi connectivity index (χ1) is 3.95. The molecule has 0 bridgehead atoms. The SMILES string of the molecule is C=C[C@H](O)C[Si](C)(C)C. The fraction of sp³-hybridized carbons (Fsp3) is 0.714. The quantitative estimate of drug-likeness (QED) is 0.473. The maximum atomic E-state index is 9.11. The molecule has 0 aromatic rings. The second kappa shape index (κ2) is 3.18. The normalized spacial score (nSPS) is 15.1. The summed E-state index contributed by atoms with van der Waals surface area (Å²) in [5.41, 5.74) is 0. The number of rotatable bonds is 3. The summed E-state index contributed by atoms with van der Waals surface area (Å²) in [5, 5.41) is 9.11. The van der Waals surface area contributed by atoms with Crippen LogP contribution in [0, 0.1) is 0 Å². The van der Waals surface area contributed by atoms with Gasteiger partial charge in [-0.15, -0.1) is 6.58 Å². The van der Waals surface area contributed by atoms with E-state index in [1.54, 1.807) is 6.08 Å². The minimum absolute atomic E-state index is 0.281. The maximum Gasteiger partial charge on any atom is 0.0694 e. The molecule has 0 unspecified atom stereocenters. The fourth-order valence-corrected chi connectivity index (χ4v) is 2.13. The molecule has 0 aliphatic heterocycles. The van der Waals surface area contributed by atoms with Gasteiger partial charge in [-0.1, -0.05) is 25.7 Å². The van der Waals surface area contributed by atoms with Crippen molar-refractivity contribution < 1.29 is 5.11 Å². The Kier molecular flexibility index (Phi) is 3.15. The van der Waals surface area contributed by atoms with Gasteiger partial charge >= 0.3 is 0 Å². The zero-order valence-corrected chi connectivity index (χ0v) is 7.52. The Hall–Kier alpha value is -0.0831. The minimum atomic E-state index is -1.06. The van der Waals surface area contributed by atoms with Gasteiger partial charge < -0.3 is 5.11 Å². The Labute approximate surface area is 58.4 Å². The van der Waals surface area contributed by atoms with Gasteiger partial charge in [-0.05, 0) is 6.04 Å². The second-order valence-corrected chi connectivity index (χ2v) is 9.10. The molecule has 2 heteroatoms. The Bertz CT molecular complexity index is 93.6. The first kappa shape index (κ1) is 8.92. The molecule has 0 fully saturated rings. The summed E-state index contributed by atoms with van der Waals surface area (Å²) in [7, 11) is -1.06. The van der Waals surface area contributed by atoms with E-state index in [2.05, 4.69) is 26.2 Å². The van der Waals surface area contributed by atoms with Gasteiger partial charge in [0.25, 0.3) is 0 Å². The average molecular weight is 144 g/mol. The molecule has 0 aromatic carbocycles. The molecule has 54 valence electrons. The van der Waals surface area contributed by atoms with E-state index in [0.717, 1.165) is 6.04 Å². The summed E-state index contributed by atoms with van der Waals surface area (Å²) in [6.07, 6.45) is 1.33. The van der Waals surface area contributed by atoms with Crippen LogP contribution in [0.5, 0.6) is 0 Å². The van der Waals surface area contributed by atoms with Crippen LogP contribution >= 0.6 is 0 Å². The number of hydrogen-bond acceptors (Lipinski definition) is 1. The van der Waals surface area contributed by atoms with Crippen LogP contribution in [0.3, 0.4) is 0 Å². The third-order valence-corrected chi connectivity index (χ3v) is 2.74. The lowest BCUT2D eigenvalue weighted by Gasteiger charge is -2.17. The predicted molar refractivity (Wildman–Crippen MR) is 44.4 cm³/mol. The van der Waals surface area contributed by atoms with Gasteiger partial charge in [-0.2, -0.15) is 0 Å². The van der Waals surface area contributed by atoms with Gasteiger partial charge in [0.05, 0.1) is 6.10 Å². The van der Waals surface area contributed by atoms with Crippen LogP contribution in [0.1, 0.15) is 0 Å². The summed E-state index contributed by atoms with van der Waals surface area (Å²) in [6.45, 7) is 10.2. The fourth-order valence-electron chi connectivity index (χ4n) is 0.711.